The summed E-state index contributed by atoms with van der Waals surface area (Å²) in [6.07, 6.45) is 4.54. The van der Waals surface area contributed by atoms with Crippen LogP contribution in [-0.4, -0.2) is 16.9 Å². The van der Waals surface area contributed by atoms with Gasteiger partial charge in [0.1, 0.15) is 0 Å². The lowest BCUT2D eigenvalue weighted by atomic mass is 10.1. The molecule has 0 aliphatic rings. The van der Waals surface area contributed by atoms with Crippen molar-refractivity contribution in [1.82, 2.24) is 5.32 Å². The highest BCUT2D eigenvalue weighted by atomic mass is 127. The summed E-state index contributed by atoms with van der Waals surface area (Å²) in [6.45, 7) is 4.86. The van der Waals surface area contributed by atoms with E-state index in [9.17, 15) is 4.79 Å². The number of halogens is 1. The van der Waals surface area contributed by atoms with E-state index in [0.29, 0.717) is 0 Å². The van der Waals surface area contributed by atoms with Gasteiger partial charge in [-0.05, 0) is 23.7 Å². The fraction of sp³-hybridized carbons (Fsp3) is 0.900. The fourth-order valence-electron chi connectivity index (χ4n) is 0.967. The summed E-state index contributed by atoms with van der Waals surface area (Å²) in [5, 5.41) is 2.95. The third kappa shape index (κ3) is 7.28. The zero-order chi connectivity index (χ0) is 10.1. The Labute approximate surface area is 95.0 Å². The first-order valence-corrected chi connectivity index (χ1v) is 6.58. The van der Waals surface area contributed by atoms with Crippen molar-refractivity contribution in [2.24, 2.45) is 5.92 Å². The predicted octanol–water partition coefficient (Wildman–Crippen LogP) is 2.75. The van der Waals surface area contributed by atoms with Crippen LogP contribution in [0.2, 0.25) is 0 Å². The zero-order valence-corrected chi connectivity index (χ0v) is 10.8. The van der Waals surface area contributed by atoms with Gasteiger partial charge in [0.15, 0.2) is 0 Å². The second-order valence-corrected chi connectivity index (χ2v) is 4.43. The van der Waals surface area contributed by atoms with Crippen LogP contribution in [0.3, 0.4) is 0 Å². The molecule has 0 radical (unpaired) electrons. The summed E-state index contributed by atoms with van der Waals surface area (Å²) >= 11 is 2.38. The number of amides is 1. The SMILES string of the molecule is CCC(C)C(=O)NCCCCCI. The molecule has 0 bridgehead atoms. The minimum Gasteiger partial charge on any atom is -0.356 e. The van der Waals surface area contributed by atoms with Gasteiger partial charge in [0, 0.05) is 12.5 Å². The Morgan fingerprint density at radius 1 is 1.38 bits per heavy atom. The number of carbonyl (C=O) groups is 1. The van der Waals surface area contributed by atoms with Crippen LogP contribution in [0, 0.1) is 5.92 Å². The number of rotatable bonds is 7. The van der Waals surface area contributed by atoms with E-state index in [1.807, 2.05) is 13.8 Å². The van der Waals surface area contributed by atoms with Gasteiger partial charge < -0.3 is 5.32 Å². The van der Waals surface area contributed by atoms with Crippen LogP contribution < -0.4 is 5.32 Å². The molecule has 1 amide bonds. The third-order valence-electron chi connectivity index (χ3n) is 2.17. The Bertz CT molecular complexity index is 139. The Kier molecular flexibility index (Phi) is 8.92. The minimum atomic E-state index is 0.171. The van der Waals surface area contributed by atoms with E-state index in [1.165, 1.54) is 17.3 Å². The molecule has 0 fully saturated rings. The summed E-state index contributed by atoms with van der Waals surface area (Å²) in [7, 11) is 0. The first-order chi connectivity index (χ1) is 6.22. The number of hydrogen-bond donors (Lipinski definition) is 1. The lowest BCUT2D eigenvalue weighted by Gasteiger charge is -2.09. The van der Waals surface area contributed by atoms with Crippen LogP contribution in [0.15, 0.2) is 0 Å². The first kappa shape index (κ1) is 13.2. The summed E-state index contributed by atoms with van der Waals surface area (Å²) in [6, 6.07) is 0. The lowest BCUT2D eigenvalue weighted by molar-refractivity contribution is -0.124. The van der Waals surface area contributed by atoms with Gasteiger partial charge in [-0.3, -0.25) is 4.79 Å². The van der Waals surface area contributed by atoms with E-state index in [1.54, 1.807) is 0 Å². The highest BCUT2D eigenvalue weighted by Crippen LogP contribution is 2.01. The van der Waals surface area contributed by atoms with Crippen molar-refractivity contribution >= 4 is 28.5 Å². The summed E-state index contributed by atoms with van der Waals surface area (Å²) in [4.78, 5) is 11.3. The topological polar surface area (TPSA) is 29.1 Å². The largest absolute Gasteiger partial charge is 0.356 e. The number of hydrogen-bond acceptors (Lipinski definition) is 1. The summed E-state index contributed by atoms with van der Waals surface area (Å²) in [5.41, 5.74) is 0. The van der Waals surface area contributed by atoms with E-state index >= 15 is 0 Å². The summed E-state index contributed by atoms with van der Waals surface area (Å²) in [5.74, 6) is 0.376. The van der Waals surface area contributed by atoms with E-state index in [4.69, 9.17) is 0 Å². The molecule has 1 atom stereocenters. The number of alkyl halides is 1. The smallest absolute Gasteiger partial charge is 0.222 e. The molecular formula is C10H20INO. The molecule has 0 aliphatic heterocycles. The molecule has 0 aromatic carbocycles. The maximum absolute atomic E-state index is 11.3. The van der Waals surface area contributed by atoms with Gasteiger partial charge in [-0.1, -0.05) is 42.9 Å². The highest BCUT2D eigenvalue weighted by molar-refractivity contribution is 14.1. The van der Waals surface area contributed by atoms with Crippen LogP contribution in [-0.2, 0) is 4.79 Å². The minimum absolute atomic E-state index is 0.171. The average molecular weight is 297 g/mol. The second-order valence-electron chi connectivity index (χ2n) is 3.35. The molecule has 0 saturated heterocycles. The Morgan fingerprint density at radius 2 is 2.08 bits per heavy atom. The van der Waals surface area contributed by atoms with Crippen LogP contribution in [0.5, 0.6) is 0 Å². The molecule has 0 aromatic heterocycles. The Balaban J connectivity index is 3.27. The van der Waals surface area contributed by atoms with E-state index in [-0.39, 0.29) is 11.8 Å². The number of unbranched alkanes of at least 4 members (excludes halogenated alkanes) is 2. The maximum Gasteiger partial charge on any atom is 0.222 e. The van der Waals surface area contributed by atoms with Crippen molar-refractivity contribution in [2.75, 3.05) is 11.0 Å². The van der Waals surface area contributed by atoms with E-state index in [0.717, 1.165) is 19.4 Å². The van der Waals surface area contributed by atoms with Crippen LogP contribution >= 0.6 is 22.6 Å². The average Bonchev–Trinajstić information content (AvgIpc) is 2.16. The van der Waals surface area contributed by atoms with Gasteiger partial charge in [0.05, 0.1) is 0 Å². The molecule has 1 unspecified atom stereocenters. The van der Waals surface area contributed by atoms with Crippen molar-refractivity contribution < 1.29 is 4.79 Å². The molecule has 0 aliphatic carbocycles. The third-order valence-corrected chi connectivity index (χ3v) is 2.93. The molecule has 3 heteroatoms. The van der Waals surface area contributed by atoms with Crippen molar-refractivity contribution in [1.29, 1.82) is 0 Å². The van der Waals surface area contributed by atoms with Gasteiger partial charge in [0.2, 0.25) is 5.91 Å². The molecule has 0 spiro atoms. The van der Waals surface area contributed by atoms with Crippen molar-refractivity contribution in [2.45, 2.75) is 39.5 Å². The molecule has 78 valence electrons. The molecule has 2 nitrogen and oxygen atoms in total. The van der Waals surface area contributed by atoms with Crippen LogP contribution in [0.1, 0.15) is 39.5 Å². The molecular weight excluding hydrogens is 277 g/mol. The maximum atomic E-state index is 11.3. The van der Waals surface area contributed by atoms with Crippen LogP contribution in [0.25, 0.3) is 0 Å². The van der Waals surface area contributed by atoms with Crippen molar-refractivity contribution in [3.8, 4) is 0 Å². The van der Waals surface area contributed by atoms with E-state index < -0.39 is 0 Å². The molecule has 0 rings (SSSR count). The van der Waals surface area contributed by atoms with Gasteiger partial charge in [-0.15, -0.1) is 0 Å². The molecule has 0 aromatic rings. The highest BCUT2D eigenvalue weighted by Gasteiger charge is 2.08. The molecule has 0 heterocycles. The van der Waals surface area contributed by atoms with Crippen LogP contribution in [0.4, 0.5) is 0 Å². The first-order valence-electron chi connectivity index (χ1n) is 5.06. The monoisotopic (exact) mass is 297 g/mol. The quantitative estimate of drug-likeness (QED) is 0.437. The predicted molar refractivity (Wildman–Crippen MR) is 65.2 cm³/mol. The number of carbonyl (C=O) groups excluding carboxylic acids is 1. The second kappa shape index (κ2) is 8.78. The van der Waals surface area contributed by atoms with Gasteiger partial charge in [-0.2, -0.15) is 0 Å². The zero-order valence-electron chi connectivity index (χ0n) is 8.61. The Hall–Kier alpha value is 0.200. The fourth-order valence-corrected chi connectivity index (χ4v) is 1.51. The standard InChI is InChI=1S/C10H20INO/c1-3-9(2)10(13)12-8-6-4-5-7-11/h9H,3-8H2,1-2H3,(H,12,13). The van der Waals surface area contributed by atoms with Crippen molar-refractivity contribution in [3.05, 3.63) is 0 Å². The van der Waals surface area contributed by atoms with Gasteiger partial charge in [0.25, 0.3) is 0 Å². The van der Waals surface area contributed by atoms with Crippen molar-refractivity contribution in [3.63, 3.8) is 0 Å². The summed E-state index contributed by atoms with van der Waals surface area (Å²) < 4.78 is 1.22. The Morgan fingerprint density at radius 3 is 2.62 bits per heavy atom. The van der Waals surface area contributed by atoms with E-state index in [2.05, 4.69) is 27.9 Å². The van der Waals surface area contributed by atoms with Gasteiger partial charge in [-0.25, -0.2) is 0 Å². The van der Waals surface area contributed by atoms with Gasteiger partial charge >= 0.3 is 0 Å². The molecule has 13 heavy (non-hydrogen) atoms. The number of nitrogens with one attached hydrogen (secondary N) is 1. The molecule has 1 N–H and O–H groups in total. The lowest BCUT2D eigenvalue weighted by Crippen LogP contribution is -2.29. The molecule has 0 saturated carbocycles. The normalized spacial score (nSPS) is 12.5.